The molecule has 0 rings (SSSR count). The van der Waals surface area contributed by atoms with E-state index >= 15 is 0 Å². The number of esters is 2. The Kier molecular flexibility index (Phi) is 25.7. The van der Waals surface area contributed by atoms with Gasteiger partial charge in [-0.15, -0.1) is 0 Å². The summed E-state index contributed by atoms with van der Waals surface area (Å²) >= 11 is 0. The summed E-state index contributed by atoms with van der Waals surface area (Å²) in [6.45, 7) is 7.86. The summed E-state index contributed by atoms with van der Waals surface area (Å²) in [5.74, 6) is -2.29. The lowest BCUT2D eigenvalue weighted by molar-refractivity contribution is -0.239. The highest BCUT2D eigenvalue weighted by atomic mass is 16.7. The van der Waals surface area contributed by atoms with Crippen molar-refractivity contribution in [2.24, 2.45) is 5.73 Å². The van der Waals surface area contributed by atoms with Gasteiger partial charge >= 0.3 is 11.9 Å². The van der Waals surface area contributed by atoms with Crippen LogP contribution in [-0.2, 0) is 19.1 Å². The van der Waals surface area contributed by atoms with Crippen molar-refractivity contribution in [2.75, 3.05) is 6.61 Å². The summed E-state index contributed by atoms with van der Waals surface area (Å²) < 4.78 is 11.6. The average molecular weight is 584 g/mol. The van der Waals surface area contributed by atoms with Gasteiger partial charge in [0, 0.05) is 31.2 Å². The van der Waals surface area contributed by atoms with Gasteiger partial charge in [0.1, 0.15) is 0 Å². The zero-order valence-electron chi connectivity index (χ0n) is 27.7. The minimum Gasteiger partial charge on any atom is -0.422 e. The fourth-order valence-corrected chi connectivity index (χ4v) is 5.53. The van der Waals surface area contributed by atoms with Gasteiger partial charge in [0.15, 0.2) is 0 Å². The Balaban J connectivity index is 4.42. The molecule has 0 aliphatic carbocycles. The molecule has 0 aromatic rings. The number of hydrogen-bond donors (Lipinski definition) is 2. The van der Waals surface area contributed by atoms with E-state index < -0.39 is 11.3 Å². The van der Waals surface area contributed by atoms with Crippen molar-refractivity contribution in [3.8, 4) is 0 Å². The van der Waals surface area contributed by atoms with E-state index in [9.17, 15) is 14.7 Å². The maximum Gasteiger partial charge on any atom is 0.309 e. The third-order valence-corrected chi connectivity index (χ3v) is 7.79. The Labute approximate surface area is 254 Å². The molecule has 0 radical (unpaired) electrons. The highest BCUT2D eigenvalue weighted by molar-refractivity contribution is 5.72. The summed E-state index contributed by atoms with van der Waals surface area (Å²) in [6.07, 6.45) is 27.3. The van der Waals surface area contributed by atoms with Crippen LogP contribution in [0.1, 0.15) is 195 Å². The quantitative estimate of drug-likeness (QED) is 0.0496. The van der Waals surface area contributed by atoms with Crippen LogP contribution in [0.15, 0.2) is 0 Å². The second-order valence-electron chi connectivity index (χ2n) is 13.1. The van der Waals surface area contributed by atoms with Crippen LogP contribution in [0.2, 0.25) is 0 Å². The van der Waals surface area contributed by atoms with E-state index in [1.54, 1.807) is 0 Å². The zero-order chi connectivity index (χ0) is 30.7. The van der Waals surface area contributed by atoms with E-state index in [0.717, 1.165) is 38.5 Å². The number of aliphatic hydroxyl groups is 1. The number of nitrogens with two attached hydrogens (primary N) is 1. The normalized spacial score (nSPS) is 12.0. The fourth-order valence-electron chi connectivity index (χ4n) is 5.53. The van der Waals surface area contributed by atoms with Gasteiger partial charge in [0.2, 0.25) is 0 Å². The molecule has 0 spiro atoms. The van der Waals surface area contributed by atoms with Crippen molar-refractivity contribution in [3.05, 3.63) is 0 Å². The van der Waals surface area contributed by atoms with Gasteiger partial charge in [0.25, 0.3) is 5.79 Å². The van der Waals surface area contributed by atoms with Crippen LogP contribution < -0.4 is 5.73 Å². The molecule has 6 nitrogen and oxygen atoms in total. The number of rotatable bonds is 30. The molecular formula is C35H69NO5. The van der Waals surface area contributed by atoms with Crippen molar-refractivity contribution in [2.45, 2.75) is 206 Å². The van der Waals surface area contributed by atoms with E-state index in [0.29, 0.717) is 0 Å². The highest BCUT2D eigenvalue weighted by Gasteiger charge is 2.42. The Morgan fingerprint density at radius 3 is 1.12 bits per heavy atom. The molecule has 0 aromatic heterocycles. The van der Waals surface area contributed by atoms with Crippen LogP contribution in [0, 0.1) is 0 Å². The number of ether oxygens (including phenoxy) is 2. The molecule has 0 aliphatic rings. The first-order valence-electron chi connectivity index (χ1n) is 17.5. The van der Waals surface area contributed by atoms with Crippen LogP contribution in [0.5, 0.6) is 0 Å². The van der Waals surface area contributed by atoms with Crippen molar-refractivity contribution in [3.63, 3.8) is 0 Å². The second-order valence-corrected chi connectivity index (χ2v) is 13.1. The minimum atomic E-state index is -1.52. The molecule has 0 aromatic carbocycles. The Bertz CT molecular complexity index is 576. The van der Waals surface area contributed by atoms with Crippen LogP contribution in [0.4, 0.5) is 0 Å². The molecule has 0 amide bonds. The summed E-state index contributed by atoms with van der Waals surface area (Å²) in [5, 5.41) is 9.76. The van der Waals surface area contributed by atoms with E-state index in [1.807, 2.05) is 13.8 Å². The molecule has 0 saturated heterocycles. The van der Waals surface area contributed by atoms with Gasteiger partial charge in [-0.25, -0.2) is 0 Å². The van der Waals surface area contributed by atoms with Crippen LogP contribution >= 0.6 is 0 Å². The Hall–Kier alpha value is -1.14. The Morgan fingerprint density at radius 2 is 0.854 bits per heavy atom. The molecule has 41 heavy (non-hydrogen) atoms. The van der Waals surface area contributed by atoms with Gasteiger partial charge in [0.05, 0.1) is 6.61 Å². The lowest BCUT2D eigenvalue weighted by Crippen LogP contribution is -2.49. The summed E-state index contributed by atoms with van der Waals surface area (Å²) in [5.41, 5.74) is 5.53. The standard InChI is InChI=1S/C35H69NO5/c1-5-7-9-11-13-15-17-19-21-23-25-27-32(38)40-35(29-30-37,31-34(3,4)36)41-33(39)28-26-24-22-20-18-16-14-12-10-8-6-2/h37H,5-31,36H2,1-4H3. The molecule has 0 atom stereocenters. The SMILES string of the molecule is CCCCCCCCCCCCCC(=O)OC(CCO)(CC(C)(C)N)OC(=O)CCCCCCCCCCCCC. The summed E-state index contributed by atoms with van der Waals surface area (Å²) in [4.78, 5) is 25.6. The maximum atomic E-state index is 12.8. The van der Waals surface area contributed by atoms with Crippen LogP contribution in [-0.4, -0.2) is 35.0 Å². The first-order chi connectivity index (χ1) is 19.7. The molecule has 244 valence electrons. The van der Waals surface area contributed by atoms with Crippen molar-refractivity contribution in [1.29, 1.82) is 0 Å². The van der Waals surface area contributed by atoms with Gasteiger partial charge in [-0.2, -0.15) is 0 Å². The molecule has 0 fully saturated rings. The van der Waals surface area contributed by atoms with Crippen LogP contribution in [0.3, 0.4) is 0 Å². The molecule has 3 N–H and O–H groups in total. The number of carbonyl (C=O) groups excluding carboxylic acids is 2. The fraction of sp³-hybridized carbons (Fsp3) is 0.943. The van der Waals surface area contributed by atoms with Crippen LogP contribution in [0.25, 0.3) is 0 Å². The van der Waals surface area contributed by atoms with Gasteiger partial charge in [-0.3, -0.25) is 9.59 Å². The molecule has 0 aliphatic heterocycles. The number of unbranched alkanes of at least 4 members (excludes halogenated alkanes) is 20. The molecule has 0 saturated carbocycles. The van der Waals surface area contributed by atoms with Gasteiger partial charge in [-0.1, -0.05) is 142 Å². The molecule has 6 heteroatoms. The molecule has 0 unspecified atom stereocenters. The molecular weight excluding hydrogens is 514 g/mol. The zero-order valence-corrected chi connectivity index (χ0v) is 27.7. The minimum absolute atomic E-state index is 0.0294. The van der Waals surface area contributed by atoms with E-state index in [4.69, 9.17) is 15.2 Å². The second kappa shape index (κ2) is 26.5. The number of aliphatic hydroxyl groups excluding tert-OH is 1. The topological polar surface area (TPSA) is 98.8 Å². The maximum absolute atomic E-state index is 12.8. The highest BCUT2D eigenvalue weighted by Crippen LogP contribution is 2.30. The van der Waals surface area contributed by atoms with Crippen molar-refractivity contribution < 1.29 is 24.2 Å². The first-order valence-corrected chi connectivity index (χ1v) is 17.5. The smallest absolute Gasteiger partial charge is 0.309 e. The summed E-state index contributed by atoms with van der Waals surface area (Å²) in [7, 11) is 0. The number of hydrogen-bond acceptors (Lipinski definition) is 6. The third-order valence-electron chi connectivity index (χ3n) is 7.79. The molecule has 0 heterocycles. The largest absolute Gasteiger partial charge is 0.422 e. The number of carbonyl (C=O) groups is 2. The van der Waals surface area contributed by atoms with Crippen molar-refractivity contribution >= 4 is 11.9 Å². The lowest BCUT2D eigenvalue weighted by Gasteiger charge is -2.37. The third kappa shape index (κ3) is 26.2. The van der Waals surface area contributed by atoms with Gasteiger partial charge in [-0.05, 0) is 26.7 Å². The van der Waals surface area contributed by atoms with E-state index in [1.165, 1.54) is 103 Å². The van der Waals surface area contributed by atoms with Gasteiger partial charge < -0.3 is 20.3 Å². The Morgan fingerprint density at radius 1 is 0.561 bits per heavy atom. The van der Waals surface area contributed by atoms with Crippen molar-refractivity contribution in [1.82, 2.24) is 0 Å². The molecule has 0 bridgehead atoms. The van der Waals surface area contributed by atoms with E-state index in [2.05, 4.69) is 13.8 Å². The lowest BCUT2D eigenvalue weighted by atomic mass is 9.93. The average Bonchev–Trinajstić information content (AvgIpc) is 2.89. The van der Waals surface area contributed by atoms with E-state index in [-0.39, 0.29) is 44.2 Å². The predicted octanol–water partition coefficient (Wildman–Crippen LogP) is 9.68. The monoisotopic (exact) mass is 584 g/mol. The predicted molar refractivity (Wildman–Crippen MR) is 172 cm³/mol. The first kappa shape index (κ1) is 39.9. The summed E-state index contributed by atoms with van der Waals surface area (Å²) in [6, 6.07) is 0.